The molecule has 19 heavy (non-hydrogen) atoms. The molecule has 0 radical (unpaired) electrons. The predicted octanol–water partition coefficient (Wildman–Crippen LogP) is 3.12. The molecular weight excluding hydrogens is 262 g/mol. The van der Waals surface area contributed by atoms with Crippen LogP contribution in [-0.4, -0.2) is 26.4 Å². The molecular formula is C14H14BClO3. The van der Waals surface area contributed by atoms with E-state index in [-0.39, 0.29) is 19.0 Å². The van der Waals surface area contributed by atoms with Crippen molar-refractivity contribution < 1.29 is 14.0 Å². The number of rotatable bonds is 4. The van der Waals surface area contributed by atoms with Crippen LogP contribution in [0, 0.1) is 0 Å². The third-order valence-electron chi connectivity index (χ3n) is 3.11. The summed E-state index contributed by atoms with van der Waals surface area (Å²) in [5.41, 5.74) is 0. The van der Waals surface area contributed by atoms with Gasteiger partial charge in [-0.15, -0.1) is 0 Å². The Morgan fingerprint density at radius 2 is 1.95 bits per heavy atom. The minimum absolute atomic E-state index is 0.0249. The van der Waals surface area contributed by atoms with E-state index in [0.717, 1.165) is 5.75 Å². The molecule has 1 fully saturated rings. The molecule has 0 N–H and O–H groups in total. The van der Waals surface area contributed by atoms with Crippen LogP contribution in [0.1, 0.15) is 0 Å². The van der Waals surface area contributed by atoms with Gasteiger partial charge in [0.2, 0.25) is 0 Å². The quantitative estimate of drug-likeness (QED) is 0.791. The SMILES string of the molecule is Clc1ccc(OC[C@H]2COB(C3C=CC=C3)O2)cc1. The Hall–Kier alpha value is -1.23. The molecule has 0 unspecified atom stereocenters. The van der Waals surface area contributed by atoms with Gasteiger partial charge in [0.25, 0.3) is 0 Å². The van der Waals surface area contributed by atoms with E-state index in [2.05, 4.69) is 12.2 Å². The molecule has 1 aliphatic heterocycles. The Bertz CT molecular complexity index is 474. The number of allylic oxidation sites excluding steroid dienone is 4. The lowest BCUT2D eigenvalue weighted by Gasteiger charge is -2.12. The zero-order valence-corrected chi connectivity index (χ0v) is 11.1. The van der Waals surface area contributed by atoms with E-state index in [0.29, 0.717) is 18.2 Å². The highest BCUT2D eigenvalue weighted by atomic mass is 35.5. The Balaban J connectivity index is 1.48. The number of hydrogen-bond acceptors (Lipinski definition) is 3. The third-order valence-corrected chi connectivity index (χ3v) is 3.37. The standard InChI is InChI=1S/C14H14BClO3/c16-12-5-7-13(8-6-12)17-9-14-10-18-15(19-14)11-3-1-2-4-11/h1-8,11,14H,9-10H2/t14-/m0/s1. The second-order valence-electron chi connectivity index (χ2n) is 4.57. The Morgan fingerprint density at radius 3 is 2.68 bits per heavy atom. The molecule has 0 bridgehead atoms. The minimum atomic E-state index is -0.186. The van der Waals surface area contributed by atoms with Gasteiger partial charge in [0, 0.05) is 10.8 Å². The largest absolute Gasteiger partial charge is 0.491 e. The molecule has 0 spiro atoms. The molecule has 3 rings (SSSR count). The van der Waals surface area contributed by atoms with Crippen LogP contribution in [-0.2, 0) is 9.31 Å². The average molecular weight is 277 g/mol. The summed E-state index contributed by atoms with van der Waals surface area (Å²) in [7, 11) is -0.186. The summed E-state index contributed by atoms with van der Waals surface area (Å²) in [4.78, 5) is 0. The van der Waals surface area contributed by atoms with Crippen molar-refractivity contribution in [1.29, 1.82) is 0 Å². The average Bonchev–Trinajstić information content (AvgIpc) is 3.09. The number of hydrogen-bond donors (Lipinski definition) is 0. The molecule has 0 amide bonds. The van der Waals surface area contributed by atoms with Crippen LogP contribution in [0.4, 0.5) is 0 Å². The van der Waals surface area contributed by atoms with Crippen molar-refractivity contribution in [3.63, 3.8) is 0 Å². The van der Waals surface area contributed by atoms with E-state index in [1.165, 1.54) is 0 Å². The molecule has 1 aliphatic carbocycles. The Labute approximate surface area is 117 Å². The van der Waals surface area contributed by atoms with Crippen molar-refractivity contribution in [2.24, 2.45) is 0 Å². The maximum Gasteiger partial charge on any atom is 0.468 e. The zero-order chi connectivity index (χ0) is 13.1. The van der Waals surface area contributed by atoms with Crippen molar-refractivity contribution in [2.75, 3.05) is 13.2 Å². The van der Waals surface area contributed by atoms with Crippen LogP contribution in [0.15, 0.2) is 48.6 Å². The van der Waals surface area contributed by atoms with E-state index >= 15 is 0 Å². The number of halogens is 1. The van der Waals surface area contributed by atoms with Crippen LogP contribution >= 0.6 is 11.6 Å². The van der Waals surface area contributed by atoms with E-state index in [1.54, 1.807) is 12.1 Å². The van der Waals surface area contributed by atoms with Crippen LogP contribution < -0.4 is 4.74 Å². The molecule has 0 saturated carbocycles. The maximum atomic E-state index is 5.82. The maximum absolute atomic E-state index is 5.82. The van der Waals surface area contributed by atoms with Crippen LogP contribution in [0.5, 0.6) is 5.75 Å². The highest BCUT2D eigenvalue weighted by molar-refractivity contribution is 6.48. The molecule has 1 saturated heterocycles. The van der Waals surface area contributed by atoms with Gasteiger partial charge in [0.05, 0.1) is 12.7 Å². The van der Waals surface area contributed by atoms with Gasteiger partial charge >= 0.3 is 7.12 Å². The fourth-order valence-electron chi connectivity index (χ4n) is 2.11. The van der Waals surface area contributed by atoms with E-state index in [4.69, 9.17) is 25.6 Å². The highest BCUT2D eigenvalue weighted by Gasteiger charge is 2.36. The lowest BCUT2D eigenvalue weighted by molar-refractivity contribution is 0.147. The summed E-state index contributed by atoms with van der Waals surface area (Å²) in [6.07, 6.45) is 8.15. The Kier molecular flexibility index (Phi) is 3.92. The highest BCUT2D eigenvalue weighted by Crippen LogP contribution is 2.26. The van der Waals surface area contributed by atoms with Crippen molar-refractivity contribution in [1.82, 2.24) is 0 Å². The van der Waals surface area contributed by atoms with Crippen LogP contribution in [0.2, 0.25) is 10.8 Å². The Morgan fingerprint density at radius 1 is 1.21 bits per heavy atom. The predicted molar refractivity (Wildman–Crippen MR) is 75.6 cm³/mol. The number of benzene rings is 1. The smallest absolute Gasteiger partial charge is 0.468 e. The van der Waals surface area contributed by atoms with Gasteiger partial charge in [-0.1, -0.05) is 35.9 Å². The summed E-state index contributed by atoms with van der Waals surface area (Å²) in [6.45, 7) is 1.05. The molecule has 1 aromatic rings. The van der Waals surface area contributed by atoms with E-state index < -0.39 is 0 Å². The van der Waals surface area contributed by atoms with Gasteiger partial charge < -0.3 is 14.0 Å². The first kappa shape index (κ1) is 12.8. The lowest BCUT2D eigenvalue weighted by atomic mass is 9.73. The number of ether oxygens (including phenoxy) is 1. The van der Waals surface area contributed by atoms with Crippen LogP contribution in [0.3, 0.4) is 0 Å². The molecule has 98 valence electrons. The van der Waals surface area contributed by atoms with Gasteiger partial charge in [-0.2, -0.15) is 0 Å². The first-order valence-electron chi connectivity index (χ1n) is 6.32. The molecule has 3 nitrogen and oxygen atoms in total. The van der Waals surface area contributed by atoms with Gasteiger partial charge in [0.15, 0.2) is 0 Å². The minimum Gasteiger partial charge on any atom is -0.491 e. The normalized spacial score (nSPS) is 22.4. The molecule has 1 atom stereocenters. The fourth-order valence-corrected chi connectivity index (χ4v) is 2.24. The topological polar surface area (TPSA) is 27.7 Å². The summed E-state index contributed by atoms with van der Waals surface area (Å²) in [5.74, 6) is 1.01. The van der Waals surface area contributed by atoms with Gasteiger partial charge in [-0.25, -0.2) is 0 Å². The summed E-state index contributed by atoms with van der Waals surface area (Å²) >= 11 is 5.82. The second kappa shape index (κ2) is 5.82. The summed E-state index contributed by atoms with van der Waals surface area (Å²) in [5, 5.41) is 0.702. The summed E-state index contributed by atoms with van der Waals surface area (Å²) in [6, 6.07) is 7.30. The zero-order valence-electron chi connectivity index (χ0n) is 10.4. The molecule has 2 aliphatic rings. The third kappa shape index (κ3) is 3.21. The van der Waals surface area contributed by atoms with E-state index in [1.807, 2.05) is 24.3 Å². The van der Waals surface area contributed by atoms with Gasteiger partial charge in [-0.05, 0) is 24.3 Å². The lowest BCUT2D eigenvalue weighted by Crippen LogP contribution is -2.24. The first-order valence-corrected chi connectivity index (χ1v) is 6.69. The summed E-state index contributed by atoms with van der Waals surface area (Å²) < 4.78 is 17.1. The van der Waals surface area contributed by atoms with Crippen LogP contribution in [0.25, 0.3) is 0 Å². The van der Waals surface area contributed by atoms with Gasteiger partial charge in [-0.3, -0.25) is 0 Å². The van der Waals surface area contributed by atoms with Gasteiger partial charge in [0.1, 0.15) is 12.4 Å². The van der Waals surface area contributed by atoms with E-state index in [9.17, 15) is 0 Å². The second-order valence-corrected chi connectivity index (χ2v) is 5.01. The molecule has 5 heteroatoms. The fraction of sp³-hybridized carbons (Fsp3) is 0.286. The van der Waals surface area contributed by atoms with Crippen molar-refractivity contribution in [3.05, 3.63) is 53.6 Å². The molecule has 1 heterocycles. The van der Waals surface area contributed by atoms with Crippen molar-refractivity contribution in [2.45, 2.75) is 11.9 Å². The monoisotopic (exact) mass is 276 g/mol. The molecule has 0 aromatic heterocycles. The first-order chi connectivity index (χ1) is 9.31. The molecule has 1 aromatic carbocycles. The van der Waals surface area contributed by atoms with Crippen molar-refractivity contribution >= 4 is 18.7 Å². The van der Waals surface area contributed by atoms with Crippen molar-refractivity contribution in [3.8, 4) is 5.75 Å².